The zero-order valence-corrected chi connectivity index (χ0v) is 16.0. The maximum absolute atomic E-state index is 12.9. The molecule has 0 atom stereocenters. The summed E-state index contributed by atoms with van der Waals surface area (Å²) in [5, 5.41) is 19.6. The lowest BCUT2D eigenvalue weighted by atomic mass is 10.1. The molecular weight excluding hydrogens is 370 g/mol. The Balaban J connectivity index is 2.25. The van der Waals surface area contributed by atoms with Crippen LogP contribution in [0.15, 0.2) is 36.4 Å². The van der Waals surface area contributed by atoms with Crippen molar-refractivity contribution >= 4 is 23.5 Å². The molecule has 0 unspecified atom stereocenters. The number of amides is 1. The van der Waals surface area contributed by atoms with Gasteiger partial charge in [0.15, 0.2) is 0 Å². The van der Waals surface area contributed by atoms with Gasteiger partial charge in [0.1, 0.15) is 11.5 Å². The topological polar surface area (TPSA) is 87.1 Å². The van der Waals surface area contributed by atoms with Gasteiger partial charge in [-0.1, -0.05) is 37.1 Å². The molecule has 0 spiro atoms. The van der Waals surface area contributed by atoms with Crippen LogP contribution in [0.1, 0.15) is 46.0 Å². The number of methoxy groups -OCH3 is 1. The number of hydrogen-bond donors (Lipinski definition) is 2. The molecule has 2 aromatic rings. The number of phenols is 2. The first kappa shape index (κ1) is 20.6. The molecule has 0 fully saturated rings. The van der Waals surface area contributed by atoms with E-state index in [1.807, 2.05) is 6.92 Å². The van der Waals surface area contributed by atoms with Crippen LogP contribution in [0.3, 0.4) is 0 Å². The normalized spacial score (nSPS) is 10.5. The van der Waals surface area contributed by atoms with Gasteiger partial charge in [0.25, 0.3) is 5.91 Å². The van der Waals surface area contributed by atoms with Crippen LogP contribution in [-0.4, -0.2) is 40.6 Å². The standard InChI is InChI=1S/C20H22ClNO5/c1-3-4-9-22(12-13-5-7-14(8-6-13)20(26)27-2)19(25)15-10-16(21)18(24)11-17(15)23/h5-8,10-11,23-24H,3-4,9,12H2,1-2H3. The van der Waals surface area contributed by atoms with Gasteiger partial charge >= 0.3 is 5.97 Å². The molecule has 1 amide bonds. The Morgan fingerprint density at radius 3 is 2.37 bits per heavy atom. The first-order chi connectivity index (χ1) is 12.9. The highest BCUT2D eigenvalue weighted by molar-refractivity contribution is 6.32. The summed E-state index contributed by atoms with van der Waals surface area (Å²) in [7, 11) is 1.32. The van der Waals surface area contributed by atoms with Gasteiger partial charge in [0.2, 0.25) is 0 Å². The monoisotopic (exact) mass is 391 g/mol. The van der Waals surface area contributed by atoms with Crippen molar-refractivity contribution in [3.8, 4) is 11.5 Å². The fourth-order valence-electron chi connectivity index (χ4n) is 2.58. The largest absolute Gasteiger partial charge is 0.507 e. The van der Waals surface area contributed by atoms with Crippen LogP contribution in [0, 0.1) is 0 Å². The van der Waals surface area contributed by atoms with Crippen molar-refractivity contribution < 1.29 is 24.5 Å². The van der Waals surface area contributed by atoms with E-state index in [-0.39, 0.29) is 28.0 Å². The number of carbonyl (C=O) groups is 2. The molecule has 7 heteroatoms. The van der Waals surface area contributed by atoms with Crippen molar-refractivity contribution in [1.82, 2.24) is 4.90 Å². The van der Waals surface area contributed by atoms with Crippen LogP contribution in [0.5, 0.6) is 11.5 Å². The second-order valence-electron chi connectivity index (χ2n) is 6.09. The molecule has 0 saturated heterocycles. The highest BCUT2D eigenvalue weighted by Crippen LogP contribution is 2.32. The van der Waals surface area contributed by atoms with Crippen LogP contribution >= 0.6 is 11.6 Å². The minimum Gasteiger partial charge on any atom is -0.507 e. The van der Waals surface area contributed by atoms with Gasteiger partial charge in [-0.3, -0.25) is 4.79 Å². The van der Waals surface area contributed by atoms with Gasteiger partial charge in [-0.05, 0) is 30.2 Å². The second kappa shape index (κ2) is 9.28. The first-order valence-corrected chi connectivity index (χ1v) is 8.93. The van der Waals surface area contributed by atoms with Gasteiger partial charge in [-0.25, -0.2) is 4.79 Å². The molecule has 2 rings (SSSR count). The predicted octanol–water partition coefficient (Wildman–Crippen LogP) is 3.98. The molecule has 2 N–H and O–H groups in total. The van der Waals surface area contributed by atoms with E-state index in [2.05, 4.69) is 4.74 Å². The SMILES string of the molecule is CCCCN(Cc1ccc(C(=O)OC)cc1)C(=O)c1cc(Cl)c(O)cc1O. The molecule has 0 saturated carbocycles. The summed E-state index contributed by atoms with van der Waals surface area (Å²) in [6.45, 7) is 2.81. The number of phenolic OH excluding ortho intramolecular Hbond substituents is 2. The zero-order valence-electron chi connectivity index (χ0n) is 15.2. The Labute approximate surface area is 162 Å². The summed E-state index contributed by atoms with van der Waals surface area (Å²) in [5.41, 5.74) is 1.28. The van der Waals surface area contributed by atoms with Crippen LogP contribution < -0.4 is 0 Å². The third kappa shape index (κ3) is 5.14. The van der Waals surface area contributed by atoms with E-state index in [4.69, 9.17) is 11.6 Å². The van der Waals surface area contributed by atoms with Crippen molar-refractivity contribution in [3.63, 3.8) is 0 Å². The Morgan fingerprint density at radius 2 is 1.78 bits per heavy atom. The smallest absolute Gasteiger partial charge is 0.337 e. The lowest BCUT2D eigenvalue weighted by Crippen LogP contribution is -2.31. The summed E-state index contributed by atoms with van der Waals surface area (Å²) in [6, 6.07) is 9.09. The van der Waals surface area contributed by atoms with Crippen LogP contribution in [0.4, 0.5) is 0 Å². The summed E-state index contributed by atoms with van der Waals surface area (Å²) < 4.78 is 4.68. The number of carbonyl (C=O) groups excluding carboxylic acids is 2. The molecular formula is C20H22ClNO5. The summed E-state index contributed by atoms with van der Waals surface area (Å²) in [5.74, 6) is -1.43. The lowest BCUT2D eigenvalue weighted by Gasteiger charge is -2.23. The second-order valence-corrected chi connectivity index (χ2v) is 6.50. The van der Waals surface area contributed by atoms with Crippen molar-refractivity contribution in [2.45, 2.75) is 26.3 Å². The number of aromatic hydroxyl groups is 2. The number of nitrogens with zero attached hydrogens (tertiary/aromatic N) is 1. The quantitative estimate of drug-likeness (QED) is 0.697. The zero-order chi connectivity index (χ0) is 20.0. The van der Waals surface area contributed by atoms with E-state index < -0.39 is 5.97 Å². The number of unbranched alkanes of at least 4 members (excludes halogenated alkanes) is 1. The summed E-state index contributed by atoms with van der Waals surface area (Å²) >= 11 is 5.88. The average molecular weight is 392 g/mol. The first-order valence-electron chi connectivity index (χ1n) is 8.55. The average Bonchev–Trinajstić information content (AvgIpc) is 2.67. The van der Waals surface area contributed by atoms with Crippen LogP contribution in [-0.2, 0) is 11.3 Å². The Kier molecular flexibility index (Phi) is 7.07. The molecule has 0 aromatic heterocycles. The third-order valence-corrected chi connectivity index (χ3v) is 4.42. The molecule has 2 aromatic carbocycles. The van der Waals surface area contributed by atoms with Gasteiger partial charge in [-0.15, -0.1) is 0 Å². The molecule has 0 heterocycles. The van der Waals surface area contributed by atoms with Crippen LogP contribution in [0.25, 0.3) is 0 Å². The molecule has 0 bridgehead atoms. The molecule has 0 aliphatic rings. The Hall–Kier alpha value is -2.73. The van der Waals surface area contributed by atoms with E-state index in [9.17, 15) is 19.8 Å². The number of esters is 1. The molecule has 6 nitrogen and oxygen atoms in total. The van der Waals surface area contributed by atoms with E-state index in [0.29, 0.717) is 18.7 Å². The van der Waals surface area contributed by atoms with E-state index in [1.165, 1.54) is 13.2 Å². The fourth-order valence-corrected chi connectivity index (χ4v) is 2.74. The van der Waals surface area contributed by atoms with Gasteiger partial charge in [0, 0.05) is 19.2 Å². The molecule has 0 aliphatic carbocycles. The van der Waals surface area contributed by atoms with Crippen molar-refractivity contribution in [2.24, 2.45) is 0 Å². The summed E-state index contributed by atoms with van der Waals surface area (Å²) in [6.07, 6.45) is 1.69. The van der Waals surface area contributed by atoms with Gasteiger partial charge in [-0.2, -0.15) is 0 Å². The van der Waals surface area contributed by atoms with Gasteiger partial charge < -0.3 is 19.8 Å². The third-order valence-electron chi connectivity index (χ3n) is 4.11. The lowest BCUT2D eigenvalue weighted by molar-refractivity contribution is 0.0600. The highest BCUT2D eigenvalue weighted by atomic mass is 35.5. The van der Waals surface area contributed by atoms with E-state index >= 15 is 0 Å². The van der Waals surface area contributed by atoms with Crippen molar-refractivity contribution in [3.05, 3.63) is 58.1 Å². The maximum atomic E-state index is 12.9. The highest BCUT2D eigenvalue weighted by Gasteiger charge is 2.21. The number of benzene rings is 2. The van der Waals surface area contributed by atoms with Crippen molar-refractivity contribution in [2.75, 3.05) is 13.7 Å². The van der Waals surface area contributed by atoms with E-state index in [1.54, 1.807) is 29.2 Å². The molecule has 0 aliphatic heterocycles. The maximum Gasteiger partial charge on any atom is 0.337 e. The Bertz CT molecular complexity index is 820. The number of halogens is 1. The molecule has 27 heavy (non-hydrogen) atoms. The van der Waals surface area contributed by atoms with Gasteiger partial charge in [0.05, 0.1) is 23.3 Å². The number of hydrogen-bond acceptors (Lipinski definition) is 5. The summed E-state index contributed by atoms with van der Waals surface area (Å²) in [4.78, 5) is 26.0. The molecule has 0 radical (unpaired) electrons. The van der Waals surface area contributed by atoms with Crippen LogP contribution in [0.2, 0.25) is 5.02 Å². The fraction of sp³-hybridized carbons (Fsp3) is 0.300. The minimum absolute atomic E-state index is 0.00553. The predicted molar refractivity (Wildman–Crippen MR) is 102 cm³/mol. The number of ether oxygens (including phenoxy) is 1. The number of rotatable bonds is 7. The van der Waals surface area contributed by atoms with E-state index in [0.717, 1.165) is 24.5 Å². The van der Waals surface area contributed by atoms with Crippen molar-refractivity contribution in [1.29, 1.82) is 0 Å². The molecule has 144 valence electrons. The Morgan fingerprint density at radius 1 is 1.11 bits per heavy atom. The minimum atomic E-state index is -0.427.